The van der Waals surface area contributed by atoms with Gasteiger partial charge in [0.1, 0.15) is 5.01 Å². The van der Waals surface area contributed by atoms with Crippen LogP contribution in [-0.2, 0) is 6.42 Å². The van der Waals surface area contributed by atoms with Crippen LogP contribution < -0.4 is 5.32 Å². The number of likely N-dealkylation sites (N-methyl/N-ethyl adjacent to an activating group) is 1. The molecular formula is C14H17N3S. The number of aryl methyl sites for hydroxylation is 1. The third-order valence-corrected chi connectivity index (χ3v) is 4.63. The number of hydrogen-bond acceptors (Lipinski definition) is 4. The van der Waals surface area contributed by atoms with Gasteiger partial charge in [-0.3, -0.25) is 4.98 Å². The maximum atomic E-state index is 4.87. The number of nitrogens with one attached hydrogen (secondary N) is 1. The maximum Gasteiger partial charge on any atom is 0.123 e. The first-order valence-corrected chi connectivity index (χ1v) is 7.24. The number of hydrogen-bond donors (Lipinski definition) is 1. The second-order valence-electron chi connectivity index (χ2n) is 4.71. The SMILES string of the molecule is CNCC1CCCc2sc(-c3ccncc3)nc21. The quantitative estimate of drug-likeness (QED) is 0.921. The van der Waals surface area contributed by atoms with Crippen molar-refractivity contribution in [2.75, 3.05) is 13.6 Å². The molecule has 1 atom stereocenters. The van der Waals surface area contributed by atoms with E-state index in [1.807, 2.05) is 42.9 Å². The van der Waals surface area contributed by atoms with Gasteiger partial charge in [-0.15, -0.1) is 11.3 Å². The summed E-state index contributed by atoms with van der Waals surface area (Å²) in [6, 6.07) is 4.08. The smallest absolute Gasteiger partial charge is 0.123 e. The second kappa shape index (κ2) is 5.16. The lowest BCUT2D eigenvalue weighted by molar-refractivity contribution is 0.523. The number of nitrogens with zero attached hydrogens (tertiary/aromatic N) is 2. The lowest BCUT2D eigenvalue weighted by Gasteiger charge is -2.20. The number of aromatic nitrogens is 2. The minimum absolute atomic E-state index is 0.589. The molecule has 3 rings (SSSR count). The van der Waals surface area contributed by atoms with Crippen molar-refractivity contribution in [3.8, 4) is 10.6 Å². The molecule has 1 N–H and O–H groups in total. The molecule has 0 radical (unpaired) electrons. The van der Waals surface area contributed by atoms with Crippen LogP contribution in [0.3, 0.4) is 0 Å². The summed E-state index contributed by atoms with van der Waals surface area (Å²) in [6.07, 6.45) is 7.41. The van der Waals surface area contributed by atoms with E-state index in [4.69, 9.17) is 4.98 Å². The van der Waals surface area contributed by atoms with Gasteiger partial charge in [-0.2, -0.15) is 0 Å². The highest BCUT2D eigenvalue weighted by atomic mass is 32.1. The number of pyridine rings is 1. The van der Waals surface area contributed by atoms with Crippen LogP contribution in [-0.4, -0.2) is 23.6 Å². The Bertz CT molecular complexity index is 521. The zero-order chi connectivity index (χ0) is 12.4. The molecule has 2 aromatic rings. The number of rotatable bonds is 3. The van der Waals surface area contributed by atoms with Crippen LogP contribution in [0.2, 0.25) is 0 Å². The molecule has 18 heavy (non-hydrogen) atoms. The van der Waals surface area contributed by atoms with Crippen molar-refractivity contribution in [3.63, 3.8) is 0 Å². The molecule has 0 aliphatic heterocycles. The van der Waals surface area contributed by atoms with Crippen molar-refractivity contribution in [3.05, 3.63) is 35.1 Å². The average Bonchev–Trinajstić information content (AvgIpc) is 2.85. The molecule has 0 spiro atoms. The van der Waals surface area contributed by atoms with E-state index in [1.165, 1.54) is 35.4 Å². The van der Waals surface area contributed by atoms with Gasteiger partial charge >= 0.3 is 0 Å². The summed E-state index contributed by atoms with van der Waals surface area (Å²) in [5.74, 6) is 0.589. The molecule has 2 heterocycles. The predicted molar refractivity (Wildman–Crippen MR) is 75.0 cm³/mol. The lowest BCUT2D eigenvalue weighted by Crippen LogP contribution is -2.20. The highest BCUT2D eigenvalue weighted by Gasteiger charge is 2.24. The third-order valence-electron chi connectivity index (χ3n) is 3.45. The fraction of sp³-hybridized carbons (Fsp3) is 0.429. The van der Waals surface area contributed by atoms with E-state index in [1.54, 1.807) is 0 Å². The summed E-state index contributed by atoms with van der Waals surface area (Å²) in [7, 11) is 2.02. The molecule has 0 amide bonds. The van der Waals surface area contributed by atoms with Gasteiger partial charge in [0.05, 0.1) is 5.69 Å². The van der Waals surface area contributed by atoms with Crippen molar-refractivity contribution in [1.29, 1.82) is 0 Å². The highest BCUT2D eigenvalue weighted by molar-refractivity contribution is 7.15. The molecule has 0 saturated heterocycles. The minimum atomic E-state index is 0.589. The van der Waals surface area contributed by atoms with E-state index in [0.717, 1.165) is 11.6 Å². The van der Waals surface area contributed by atoms with Gasteiger partial charge in [-0.25, -0.2) is 4.98 Å². The zero-order valence-corrected chi connectivity index (χ0v) is 11.3. The summed E-state index contributed by atoms with van der Waals surface area (Å²) >= 11 is 1.85. The third kappa shape index (κ3) is 2.18. The lowest BCUT2D eigenvalue weighted by atomic mass is 9.91. The van der Waals surface area contributed by atoms with Crippen molar-refractivity contribution < 1.29 is 0 Å². The molecule has 1 aliphatic carbocycles. The predicted octanol–water partition coefficient (Wildman–Crippen LogP) is 2.84. The van der Waals surface area contributed by atoms with E-state index >= 15 is 0 Å². The molecule has 1 unspecified atom stereocenters. The molecule has 0 saturated carbocycles. The van der Waals surface area contributed by atoms with E-state index < -0.39 is 0 Å². The Kier molecular flexibility index (Phi) is 3.39. The Morgan fingerprint density at radius 1 is 1.39 bits per heavy atom. The van der Waals surface area contributed by atoms with Crippen LogP contribution in [0.15, 0.2) is 24.5 Å². The summed E-state index contributed by atoms with van der Waals surface area (Å²) in [5, 5.41) is 4.43. The van der Waals surface area contributed by atoms with Gasteiger partial charge in [0.15, 0.2) is 0 Å². The highest BCUT2D eigenvalue weighted by Crippen LogP contribution is 2.37. The van der Waals surface area contributed by atoms with Crippen molar-refractivity contribution in [1.82, 2.24) is 15.3 Å². The Hall–Kier alpha value is -1.26. The first-order chi connectivity index (χ1) is 8.88. The van der Waals surface area contributed by atoms with Crippen LogP contribution in [0.1, 0.15) is 29.3 Å². The minimum Gasteiger partial charge on any atom is -0.319 e. The summed E-state index contributed by atoms with van der Waals surface area (Å²) in [5.41, 5.74) is 2.51. The van der Waals surface area contributed by atoms with E-state index in [2.05, 4.69) is 10.3 Å². The molecule has 4 heteroatoms. The van der Waals surface area contributed by atoms with Crippen LogP contribution >= 0.6 is 11.3 Å². The molecule has 1 aliphatic rings. The van der Waals surface area contributed by atoms with Gasteiger partial charge in [-0.05, 0) is 38.4 Å². The molecule has 94 valence electrons. The standard InChI is InChI=1S/C14H17N3S/c1-15-9-11-3-2-4-12-13(11)17-14(18-12)10-5-7-16-8-6-10/h5-8,11,15H,2-4,9H2,1H3. The summed E-state index contributed by atoms with van der Waals surface area (Å²) in [4.78, 5) is 10.4. The van der Waals surface area contributed by atoms with E-state index in [0.29, 0.717) is 5.92 Å². The summed E-state index contributed by atoms with van der Waals surface area (Å²) < 4.78 is 0. The normalized spacial score (nSPS) is 18.6. The number of fused-ring (bicyclic) bond motifs is 1. The average molecular weight is 259 g/mol. The molecule has 0 fully saturated rings. The topological polar surface area (TPSA) is 37.8 Å². The largest absolute Gasteiger partial charge is 0.319 e. The van der Waals surface area contributed by atoms with Crippen molar-refractivity contribution >= 4 is 11.3 Å². The van der Waals surface area contributed by atoms with Crippen LogP contribution in [0.5, 0.6) is 0 Å². The fourth-order valence-corrected chi connectivity index (χ4v) is 3.77. The first-order valence-electron chi connectivity index (χ1n) is 6.43. The fourth-order valence-electron chi connectivity index (χ4n) is 2.57. The molecule has 2 aromatic heterocycles. The Labute approximate surface area is 111 Å². The van der Waals surface area contributed by atoms with Gasteiger partial charge in [0, 0.05) is 35.3 Å². The monoisotopic (exact) mass is 259 g/mol. The molecule has 3 nitrogen and oxygen atoms in total. The van der Waals surface area contributed by atoms with Gasteiger partial charge in [0.25, 0.3) is 0 Å². The van der Waals surface area contributed by atoms with Gasteiger partial charge < -0.3 is 5.32 Å². The Balaban J connectivity index is 1.96. The van der Waals surface area contributed by atoms with E-state index in [-0.39, 0.29) is 0 Å². The van der Waals surface area contributed by atoms with E-state index in [9.17, 15) is 0 Å². The maximum absolute atomic E-state index is 4.87. The van der Waals surface area contributed by atoms with Crippen LogP contribution in [0.25, 0.3) is 10.6 Å². The zero-order valence-electron chi connectivity index (χ0n) is 10.5. The second-order valence-corrected chi connectivity index (χ2v) is 5.79. The van der Waals surface area contributed by atoms with Crippen molar-refractivity contribution in [2.45, 2.75) is 25.2 Å². The van der Waals surface area contributed by atoms with Gasteiger partial charge in [0.2, 0.25) is 0 Å². The molecule has 0 bridgehead atoms. The van der Waals surface area contributed by atoms with Crippen LogP contribution in [0.4, 0.5) is 0 Å². The molecular weight excluding hydrogens is 242 g/mol. The van der Waals surface area contributed by atoms with Crippen molar-refractivity contribution in [2.24, 2.45) is 0 Å². The molecule has 0 aromatic carbocycles. The Morgan fingerprint density at radius 3 is 3.00 bits per heavy atom. The number of thiazole rings is 1. The Morgan fingerprint density at radius 2 is 2.22 bits per heavy atom. The van der Waals surface area contributed by atoms with Gasteiger partial charge in [-0.1, -0.05) is 0 Å². The summed E-state index contributed by atoms with van der Waals surface area (Å²) in [6.45, 7) is 1.03. The first kappa shape index (κ1) is 11.8. The van der Waals surface area contributed by atoms with Crippen LogP contribution in [0, 0.1) is 0 Å².